The maximum Gasteiger partial charge on any atom is 0.326 e. The minimum Gasteiger partial charge on any atom is -0.308 e. The van der Waals surface area contributed by atoms with Gasteiger partial charge in [0, 0.05) is 17.6 Å². The Hall–Kier alpha value is -2.43. The second-order valence-corrected chi connectivity index (χ2v) is 5.03. The molecule has 1 heterocycles. The molecule has 1 aromatic heterocycles. The van der Waals surface area contributed by atoms with E-state index in [1.54, 1.807) is 12.3 Å². The van der Waals surface area contributed by atoms with E-state index in [0.29, 0.717) is 11.9 Å². The molecule has 110 valence electrons. The third kappa shape index (κ3) is 4.27. The molecule has 0 saturated heterocycles. The normalized spacial score (nSPS) is 11.8. The summed E-state index contributed by atoms with van der Waals surface area (Å²) in [7, 11) is 0. The summed E-state index contributed by atoms with van der Waals surface area (Å²) >= 11 is 0. The molecule has 0 unspecified atom stereocenters. The average Bonchev–Trinajstić information content (AvgIpc) is 2.47. The van der Waals surface area contributed by atoms with E-state index in [9.17, 15) is 4.79 Å². The molecule has 0 saturated carbocycles. The van der Waals surface area contributed by atoms with Gasteiger partial charge in [0.25, 0.3) is 0 Å². The van der Waals surface area contributed by atoms with Crippen LogP contribution in [0.25, 0.3) is 0 Å². The SMILES string of the molecule is CC[C@@H](C)c1ccc(NC(=O)Nc2nccc(C)n2)cc1. The second-order valence-electron chi connectivity index (χ2n) is 5.03. The van der Waals surface area contributed by atoms with Gasteiger partial charge < -0.3 is 5.32 Å². The molecule has 1 atom stereocenters. The molecule has 2 amide bonds. The second kappa shape index (κ2) is 6.83. The van der Waals surface area contributed by atoms with Crippen LogP contribution in [0.3, 0.4) is 0 Å². The van der Waals surface area contributed by atoms with E-state index in [-0.39, 0.29) is 6.03 Å². The average molecular weight is 284 g/mol. The Morgan fingerprint density at radius 2 is 1.90 bits per heavy atom. The van der Waals surface area contributed by atoms with Gasteiger partial charge in [0.15, 0.2) is 0 Å². The quantitative estimate of drug-likeness (QED) is 0.893. The van der Waals surface area contributed by atoms with E-state index in [1.165, 1.54) is 5.56 Å². The van der Waals surface area contributed by atoms with Crippen LogP contribution in [-0.2, 0) is 0 Å². The van der Waals surface area contributed by atoms with Crippen molar-refractivity contribution in [2.75, 3.05) is 10.6 Å². The Balaban J connectivity index is 1.96. The van der Waals surface area contributed by atoms with Gasteiger partial charge in [0.2, 0.25) is 5.95 Å². The predicted octanol–water partition coefficient (Wildman–Crippen LogP) is 3.94. The third-order valence-corrected chi connectivity index (χ3v) is 3.37. The first-order valence-corrected chi connectivity index (χ1v) is 7.06. The molecule has 5 nitrogen and oxygen atoms in total. The maximum absolute atomic E-state index is 11.9. The van der Waals surface area contributed by atoms with Crippen molar-refractivity contribution in [1.29, 1.82) is 0 Å². The summed E-state index contributed by atoms with van der Waals surface area (Å²) in [5.74, 6) is 0.817. The summed E-state index contributed by atoms with van der Waals surface area (Å²) in [6.07, 6.45) is 2.71. The highest BCUT2D eigenvalue weighted by Gasteiger charge is 2.06. The Morgan fingerprint density at radius 3 is 2.52 bits per heavy atom. The Morgan fingerprint density at radius 1 is 1.19 bits per heavy atom. The summed E-state index contributed by atoms with van der Waals surface area (Å²) in [6, 6.07) is 9.30. The molecule has 0 aliphatic heterocycles. The first kappa shape index (κ1) is 15.0. The van der Waals surface area contributed by atoms with Crippen molar-refractivity contribution in [3.8, 4) is 0 Å². The summed E-state index contributed by atoms with van der Waals surface area (Å²) in [4.78, 5) is 20.0. The molecule has 21 heavy (non-hydrogen) atoms. The number of nitrogens with one attached hydrogen (secondary N) is 2. The van der Waals surface area contributed by atoms with Gasteiger partial charge in [-0.1, -0.05) is 26.0 Å². The lowest BCUT2D eigenvalue weighted by molar-refractivity contribution is 0.262. The summed E-state index contributed by atoms with van der Waals surface area (Å²) in [5.41, 5.74) is 2.82. The summed E-state index contributed by atoms with van der Waals surface area (Å²) in [6.45, 7) is 6.19. The molecule has 2 aromatic rings. The van der Waals surface area contributed by atoms with Crippen LogP contribution in [0, 0.1) is 6.92 Å². The van der Waals surface area contributed by atoms with Gasteiger partial charge in [-0.25, -0.2) is 14.8 Å². The lowest BCUT2D eigenvalue weighted by atomic mass is 9.99. The monoisotopic (exact) mass is 284 g/mol. The van der Waals surface area contributed by atoms with Gasteiger partial charge in [-0.3, -0.25) is 5.32 Å². The Kier molecular flexibility index (Phi) is 4.87. The van der Waals surface area contributed by atoms with E-state index >= 15 is 0 Å². The van der Waals surface area contributed by atoms with Crippen molar-refractivity contribution in [3.05, 3.63) is 47.8 Å². The van der Waals surface area contributed by atoms with Crippen LogP contribution in [0.2, 0.25) is 0 Å². The molecule has 0 bridgehead atoms. The lowest BCUT2D eigenvalue weighted by Gasteiger charge is -2.10. The molecule has 0 aliphatic rings. The first-order valence-electron chi connectivity index (χ1n) is 7.06. The van der Waals surface area contributed by atoms with E-state index in [4.69, 9.17) is 0 Å². The molecule has 5 heteroatoms. The summed E-state index contributed by atoms with van der Waals surface area (Å²) < 4.78 is 0. The first-order chi connectivity index (χ1) is 10.1. The molecule has 0 spiro atoms. The molecule has 0 fully saturated rings. The van der Waals surface area contributed by atoms with Gasteiger partial charge in [-0.05, 0) is 43.0 Å². The van der Waals surface area contributed by atoms with Crippen LogP contribution in [0.4, 0.5) is 16.4 Å². The molecule has 2 N–H and O–H groups in total. The van der Waals surface area contributed by atoms with E-state index in [0.717, 1.165) is 17.8 Å². The van der Waals surface area contributed by atoms with Crippen molar-refractivity contribution in [1.82, 2.24) is 9.97 Å². The maximum atomic E-state index is 11.9. The van der Waals surface area contributed by atoms with Crippen LogP contribution in [0.15, 0.2) is 36.5 Å². The van der Waals surface area contributed by atoms with Crippen LogP contribution in [0.5, 0.6) is 0 Å². The number of hydrogen-bond donors (Lipinski definition) is 2. The fraction of sp³-hybridized carbons (Fsp3) is 0.312. The van der Waals surface area contributed by atoms with Gasteiger partial charge in [-0.2, -0.15) is 0 Å². The fourth-order valence-electron chi connectivity index (χ4n) is 1.90. The number of nitrogens with zero attached hydrogens (tertiary/aromatic N) is 2. The number of aryl methyl sites for hydroxylation is 1. The van der Waals surface area contributed by atoms with Crippen molar-refractivity contribution >= 4 is 17.7 Å². The minimum absolute atomic E-state index is 0.295. The highest BCUT2D eigenvalue weighted by molar-refractivity contribution is 5.98. The third-order valence-electron chi connectivity index (χ3n) is 3.37. The largest absolute Gasteiger partial charge is 0.326 e. The van der Waals surface area contributed by atoms with Crippen LogP contribution >= 0.6 is 0 Å². The smallest absolute Gasteiger partial charge is 0.308 e. The molecule has 0 aliphatic carbocycles. The summed E-state index contributed by atoms with van der Waals surface area (Å²) in [5, 5.41) is 5.37. The molecular formula is C16H20N4O. The zero-order valence-electron chi connectivity index (χ0n) is 12.6. The zero-order chi connectivity index (χ0) is 15.2. The molecule has 1 aromatic carbocycles. The Labute approximate surface area is 124 Å². The molecular weight excluding hydrogens is 264 g/mol. The topological polar surface area (TPSA) is 66.9 Å². The predicted molar refractivity (Wildman–Crippen MR) is 84.6 cm³/mol. The van der Waals surface area contributed by atoms with Gasteiger partial charge in [0.1, 0.15) is 0 Å². The van der Waals surface area contributed by atoms with Crippen LogP contribution in [-0.4, -0.2) is 16.0 Å². The van der Waals surface area contributed by atoms with E-state index in [2.05, 4.69) is 34.4 Å². The van der Waals surface area contributed by atoms with Crippen molar-refractivity contribution < 1.29 is 4.79 Å². The van der Waals surface area contributed by atoms with Gasteiger partial charge in [0.05, 0.1) is 0 Å². The van der Waals surface area contributed by atoms with Crippen LogP contribution in [0.1, 0.15) is 37.4 Å². The van der Waals surface area contributed by atoms with E-state index in [1.807, 2.05) is 31.2 Å². The lowest BCUT2D eigenvalue weighted by Crippen LogP contribution is -2.21. The number of rotatable bonds is 4. The van der Waals surface area contributed by atoms with Gasteiger partial charge in [-0.15, -0.1) is 0 Å². The standard InChI is InChI=1S/C16H20N4O/c1-4-11(2)13-5-7-14(8-6-13)19-16(21)20-15-17-10-9-12(3)18-15/h5-11H,4H2,1-3H3,(H2,17,18,19,20,21)/t11-/m1/s1. The number of benzene rings is 1. The Bertz CT molecular complexity index is 610. The fourth-order valence-corrected chi connectivity index (χ4v) is 1.90. The number of urea groups is 1. The number of carbonyl (C=O) groups is 1. The number of amides is 2. The highest BCUT2D eigenvalue weighted by Crippen LogP contribution is 2.20. The van der Waals surface area contributed by atoms with Gasteiger partial charge >= 0.3 is 6.03 Å². The highest BCUT2D eigenvalue weighted by atomic mass is 16.2. The number of hydrogen-bond acceptors (Lipinski definition) is 3. The van der Waals surface area contributed by atoms with Crippen molar-refractivity contribution in [2.24, 2.45) is 0 Å². The van der Waals surface area contributed by atoms with Crippen molar-refractivity contribution in [3.63, 3.8) is 0 Å². The van der Waals surface area contributed by atoms with Crippen molar-refractivity contribution in [2.45, 2.75) is 33.1 Å². The zero-order valence-corrected chi connectivity index (χ0v) is 12.6. The number of aromatic nitrogens is 2. The molecule has 2 rings (SSSR count). The van der Waals surface area contributed by atoms with E-state index < -0.39 is 0 Å². The minimum atomic E-state index is -0.350. The van der Waals surface area contributed by atoms with Crippen LogP contribution < -0.4 is 10.6 Å². The number of carbonyl (C=O) groups excluding carboxylic acids is 1. The molecule has 0 radical (unpaired) electrons. The number of anilines is 2.